The van der Waals surface area contributed by atoms with Crippen molar-refractivity contribution >= 4 is 29.7 Å². The highest BCUT2D eigenvalue weighted by atomic mass is 16.6. The molecule has 0 aliphatic carbocycles. The van der Waals surface area contributed by atoms with Crippen LogP contribution in [0.4, 0.5) is 0 Å². The summed E-state index contributed by atoms with van der Waals surface area (Å²) in [5.74, 6) is 2.74. The van der Waals surface area contributed by atoms with Crippen LogP contribution in [0.1, 0.15) is 313 Å². The summed E-state index contributed by atoms with van der Waals surface area (Å²) in [6.07, 6.45) is 15.0. The zero-order valence-corrected chi connectivity index (χ0v) is 74.4. The van der Waals surface area contributed by atoms with Crippen LogP contribution in [0.15, 0.2) is 36.9 Å². The maximum absolute atomic E-state index is 11.7. The van der Waals surface area contributed by atoms with E-state index in [4.69, 9.17) is 25.4 Å². The zero-order chi connectivity index (χ0) is 85.3. The summed E-state index contributed by atoms with van der Waals surface area (Å²) < 4.78 is 22.1. The first-order valence-corrected chi connectivity index (χ1v) is 38.9. The number of benzene rings is 2. The smallest absolute Gasteiger partial charge is 0.338 e. The van der Waals surface area contributed by atoms with Crippen molar-refractivity contribution in [3.8, 4) is 35.3 Å². The number of terminal acetylenes is 1. The number of aryl methyl sites for hydroxylation is 1. The number of hydrogen-bond acceptors (Lipinski definition) is 16. The third-order valence-corrected chi connectivity index (χ3v) is 16.4. The van der Waals surface area contributed by atoms with E-state index < -0.39 is 23.1 Å². The lowest BCUT2D eigenvalue weighted by Crippen LogP contribution is -2.46. The lowest BCUT2D eigenvalue weighted by atomic mass is 9.82. The fourth-order valence-corrected chi connectivity index (χ4v) is 9.39. The minimum absolute atomic E-state index is 0.00299. The third kappa shape index (κ3) is 59.6. The van der Waals surface area contributed by atoms with Crippen molar-refractivity contribution in [1.82, 2.24) is 21.3 Å². The standard InChI is InChI=1S/C14H20O3.C13H24O3.C12H16O4.C10H17NO.C9H19NO.C9H17NO.C7H17NO.C7H16O.C7H16/c1-8-5-10(15)9-7-11(16)13(14(2,3)4)17-12(9)6-8;1-6-11-9(2)7-10(8-15-11)16-12(14)13(3,4)5;1-7-9(13)5-8(6-10(7)14)11(15)16-12(2,3)4;1-5-6-9(12)11-8-7-10(2,3)4;2*1-5-8(11)10-7-6-9(2,3)4;1-7(2,3)6(9)5-8-4;1-5-6(8)7(2,3)4;1-5-6-7(2,3)4/h5-6,11,13,15-16H,7H2,1-4H3;9-11H,6-8H2,1-5H3;5-6,13-14H,1-4H3;1H,6-8H2,2-4H3,(H,11,12);5-7H2,1-4H3,(H,10,11);5H,1,6-7H2,2-4H3,(H,10,11);6,8-9H,5H2,1-4H3;6,8H,5H2,1-4H3;5-6H2,1-4H3/t;9-,10?,11+;;;;;;;/m.0......./s1. The van der Waals surface area contributed by atoms with Gasteiger partial charge in [-0.2, -0.15) is 0 Å². The Morgan fingerprint density at radius 3 is 1.42 bits per heavy atom. The van der Waals surface area contributed by atoms with Gasteiger partial charge in [0.15, 0.2) is 0 Å². The molecule has 2 aromatic carbocycles. The van der Waals surface area contributed by atoms with Gasteiger partial charge in [0.1, 0.15) is 40.8 Å². The van der Waals surface area contributed by atoms with Gasteiger partial charge in [-0.15, -0.1) is 6.42 Å². The molecule has 19 heteroatoms. The molecule has 1 saturated heterocycles. The zero-order valence-electron chi connectivity index (χ0n) is 74.4. The predicted octanol–water partition coefficient (Wildman–Crippen LogP) is 18.0. The molecule has 0 spiro atoms. The molecule has 10 N–H and O–H groups in total. The van der Waals surface area contributed by atoms with Crippen LogP contribution in [0, 0.1) is 75.4 Å². The summed E-state index contributed by atoms with van der Waals surface area (Å²) in [5, 5.41) is 68.7. The minimum atomic E-state index is -0.604. The summed E-state index contributed by atoms with van der Waals surface area (Å²) in [6.45, 7) is 76.1. The van der Waals surface area contributed by atoms with Gasteiger partial charge in [0, 0.05) is 55.6 Å². The van der Waals surface area contributed by atoms with Gasteiger partial charge in [0.2, 0.25) is 17.7 Å². The Bertz CT molecular complexity index is 2850. The topological polar surface area (TPSA) is 292 Å². The van der Waals surface area contributed by atoms with E-state index in [1.807, 2.05) is 117 Å². The highest BCUT2D eigenvalue weighted by Gasteiger charge is 2.39. The Kier molecular flexibility index (Phi) is 52.8. The molecule has 624 valence electrons. The van der Waals surface area contributed by atoms with Crippen molar-refractivity contribution in [2.24, 2.45) is 49.2 Å². The summed E-state index contributed by atoms with van der Waals surface area (Å²) in [6, 6.07) is 6.18. The van der Waals surface area contributed by atoms with Crippen LogP contribution in [0.3, 0.4) is 0 Å². The quantitative estimate of drug-likeness (QED) is 0.0425. The fourth-order valence-electron chi connectivity index (χ4n) is 9.39. The summed E-state index contributed by atoms with van der Waals surface area (Å²) in [5.41, 5.74) is 2.48. The molecule has 3 amide bonds. The second-order valence-corrected chi connectivity index (χ2v) is 38.3. The highest BCUT2D eigenvalue weighted by Crippen LogP contribution is 2.40. The number of aromatic hydroxyl groups is 3. The molecule has 7 atom stereocenters. The number of hydrogen-bond donors (Lipinski definition) is 10. The Morgan fingerprint density at radius 1 is 0.654 bits per heavy atom. The van der Waals surface area contributed by atoms with E-state index in [1.165, 1.54) is 31.1 Å². The molecule has 2 aromatic rings. The van der Waals surface area contributed by atoms with Crippen molar-refractivity contribution in [2.45, 2.75) is 348 Å². The Morgan fingerprint density at radius 2 is 1.10 bits per heavy atom. The van der Waals surface area contributed by atoms with E-state index >= 15 is 0 Å². The molecule has 1 fully saturated rings. The van der Waals surface area contributed by atoms with Crippen LogP contribution < -0.4 is 26.0 Å². The average Bonchev–Trinajstić information content (AvgIpc) is 0.783. The van der Waals surface area contributed by atoms with E-state index in [9.17, 15) is 54.6 Å². The molecule has 0 saturated carbocycles. The van der Waals surface area contributed by atoms with Crippen molar-refractivity contribution in [3.63, 3.8) is 0 Å². The van der Waals surface area contributed by atoms with Crippen LogP contribution in [0.25, 0.3) is 0 Å². The first-order valence-electron chi connectivity index (χ1n) is 38.9. The van der Waals surface area contributed by atoms with Crippen molar-refractivity contribution in [2.75, 3.05) is 39.8 Å². The molecular formula is C88H162N4O15. The number of ether oxygens (including phenoxy) is 4. The van der Waals surface area contributed by atoms with Gasteiger partial charge in [-0.25, -0.2) is 4.79 Å². The first-order chi connectivity index (χ1) is 48.2. The van der Waals surface area contributed by atoms with Crippen LogP contribution >= 0.6 is 0 Å². The number of fused-ring (bicyclic) bond motifs is 1. The second kappa shape index (κ2) is 51.5. The SMILES string of the molecule is C#CCC(=O)NCCC(C)(C)C.C=CC(=O)NCCC(C)(C)C.CCC(=O)NCCC(C)(C)C.CCC(O)C(C)(C)C.CCCC(C)(C)C.CC[C@H]1OCC(OC(=O)C(C)(C)C)C[C@@H]1C.CNCC(O)C(C)(C)C.Cc1c(O)cc(C(=O)OC(C)(C)C)cc1O.Cc1cc(O)c2c(c1)OC(C(C)(C)C)C(O)C2. The number of carbonyl (C=O) groups is 5. The van der Waals surface area contributed by atoms with E-state index in [1.54, 1.807) is 33.8 Å². The molecule has 2 aliphatic heterocycles. The van der Waals surface area contributed by atoms with Gasteiger partial charge >= 0.3 is 11.9 Å². The maximum Gasteiger partial charge on any atom is 0.338 e. The van der Waals surface area contributed by atoms with Crippen LogP contribution in [0.5, 0.6) is 23.0 Å². The molecule has 2 heterocycles. The largest absolute Gasteiger partial charge is 0.508 e. The molecule has 107 heavy (non-hydrogen) atoms. The molecular weight excluding hydrogens is 1350 g/mol. The molecule has 0 bridgehead atoms. The Balaban J connectivity index is -0.000000370. The van der Waals surface area contributed by atoms with Gasteiger partial charge < -0.3 is 70.9 Å². The Labute approximate surface area is 653 Å². The molecule has 0 aromatic heterocycles. The molecule has 19 nitrogen and oxygen atoms in total. The number of nitrogens with one attached hydrogen (secondary N) is 4. The van der Waals surface area contributed by atoms with E-state index in [-0.39, 0.29) is 104 Å². The van der Waals surface area contributed by atoms with Crippen LogP contribution in [-0.4, -0.2) is 142 Å². The normalized spacial score (nSPS) is 16.9. The Hall–Kier alpha value is -5.91. The van der Waals surface area contributed by atoms with Gasteiger partial charge in [-0.1, -0.05) is 199 Å². The number of amides is 3. The number of phenolic OH excluding ortho intramolecular Hbond substituents is 3. The minimum Gasteiger partial charge on any atom is -0.508 e. The summed E-state index contributed by atoms with van der Waals surface area (Å²) >= 11 is 0. The first kappa shape index (κ1) is 110. The van der Waals surface area contributed by atoms with Gasteiger partial charge in [0.05, 0.1) is 48.4 Å². The van der Waals surface area contributed by atoms with E-state index in [2.05, 4.69) is 138 Å². The van der Waals surface area contributed by atoms with Gasteiger partial charge in [-0.05, 0) is 182 Å². The third-order valence-electron chi connectivity index (χ3n) is 16.4. The molecule has 2 aliphatic rings. The van der Waals surface area contributed by atoms with Crippen molar-refractivity contribution in [1.29, 1.82) is 0 Å². The van der Waals surface area contributed by atoms with Crippen molar-refractivity contribution in [3.05, 3.63) is 59.2 Å². The van der Waals surface area contributed by atoms with E-state index in [0.29, 0.717) is 72.3 Å². The molecule has 4 rings (SSSR count). The number of carbonyl (C=O) groups excluding carboxylic acids is 5. The van der Waals surface area contributed by atoms with Crippen molar-refractivity contribution < 1.29 is 73.6 Å². The average molecular weight is 1520 g/mol. The molecule has 0 radical (unpaired) electrons. The number of likely N-dealkylation sites (N-methyl/N-ethyl adjacent to an activating group) is 1. The predicted molar refractivity (Wildman–Crippen MR) is 444 cm³/mol. The number of esters is 2. The number of aliphatic hydroxyl groups is 3. The van der Waals surface area contributed by atoms with Crippen LogP contribution in [0.2, 0.25) is 0 Å². The number of aliphatic hydroxyl groups excluding tert-OH is 3. The monoisotopic (exact) mass is 1520 g/mol. The number of rotatable bonds is 16. The number of phenols is 3. The van der Waals surface area contributed by atoms with Crippen LogP contribution in [-0.2, 0) is 39.8 Å². The highest BCUT2D eigenvalue weighted by molar-refractivity contribution is 5.91. The maximum atomic E-state index is 11.7. The lowest BCUT2D eigenvalue weighted by molar-refractivity contribution is -0.171. The second-order valence-electron chi connectivity index (χ2n) is 38.3. The lowest BCUT2D eigenvalue weighted by Gasteiger charge is -2.39. The fraction of sp³-hybridized carbons (Fsp3) is 0.761. The summed E-state index contributed by atoms with van der Waals surface area (Å²) in [4.78, 5) is 55.7. The molecule has 5 unspecified atom stereocenters. The summed E-state index contributed by atoms with van der Waals surface area (Å²) in [7, 11) is 1.84. The van der Waals surface area contributed by atoms with Gasteiger partial charge in [-0.3, -0.25) is 19.2 Å². The van der Waals surface area contributed by atoms with Gasteiger partial charge in [0.25, 0.3) is 0 Å². The van der Waals surface area contributed by atoms with E-state index in [0.717, 1.165) is 57.2 Å².